The minimum absolute atomic E-state index is 0.284. The Bertz CT molecular complexity index is 1600. The predicted molar refractivity (Wildman–Crippen MR) is 146 cm³/mol. The van der Waals surface area contributed by atoms with Crippen molar-refractivity contribution in [2.24, 2.45) is 5.41 Å². The summed E-state index contributed by atoms with van der Waals surface area (Å²) < 4.78 is 6.19. The molecule has 0 saturated carbocycles. The number of imide groups is 2. The number of aryl methyl sites for hydroxylation is 1. The van der Waals surface area contributed by atoms with Crippen LogP contribution in [-0.4, -0.2) is 33.7 Å². The normalized spacial score (nSPS) is 16.0. The number of aromatic nitrogens is 2. The number of hydrogen-bond donors (Lipinski definition) is 3. The Morgan fingerprint density at radius 1 is 0.950 bits per heavy atom. The van der Waals surface area contributed by atoms with Crippen molar-refractivity contribution in [3.63, 3.8) is 0 Å². The molecule has 2 aromatic heterocycles. The van der Waals surface area contributed by atoms with E-state index in [1.54, 1.807) is 36.4 Å². The summed E-state index contributed by atoms with van der Waals surface area (Å²) in [5.74, 6) is -1.60. The lowest BCUT2D eigenvalue weighted by Crippen LogP contribution is -2.65. The third kappa shape index (κ3) is 4.98. The van der Waals surface area contributed by atoms with Gasteiger partial charge in [-0.3, -0.25) is 35.0 Å². The number of ether oxygens (including phenoxy) is 1. The fourth-order valence-corrected chi connectivity index (χ4v) is 4.82. The summed E-state index contributed by atoms with van der Waals surface area (Å²) >= 11 is 0. The average molecular weight is 538 g/mol. The molecule has 5 rings (SSSR count). The summed E-state index contributed by atoms with van der Waals surface area (Å²) in [6.45, 7) is 5.26. The summed E-state index contributed by atoms with van der Waals surface area (Å²) in [6.07, 6.45) is 2.69. The Balaban J connectivity index is 1.37. The van der Waals surface area contributed by atoms with Crippen molar-refractivity contribution in [2.45, 2.75) is 32.9 Å². The number of barbiturate groups is 1. The lowest BCUT2D eigenvalue weighted by atomic mass is 9.76. The van der Waals surface area contributed by atoms with E-state index in [2.05, 4.69) is 25.9 Å². The zero-order chi connectivity index (χ0) is 28.4. The van der Waals surface area contributed by atoms with Gasteiger partial charge in [-0.05, 0) is 74.9 Å². The number of nitrogens with zero attached hydrogens (tertiary/aromatic N) is 2. The van der Waals surface area contributed by atoms with Crippen molar-refractivity contribution in [3.8, 4) is 5.75 Å². The van der Waals surface area contributed by atoms with Crippen LogP contribution in [0, 0.1) is 12.3 Å². The standard InChI is InChI=1S/C30H27N5O5/c1-17-16-23(22-6-4-5-7-24(22)32-17)18(2)40-21-10-8-20(9-11-21)26(36)33-25(19-12-14-31-15-13-19)30(3)27(37)34-29(39)35-28(30)38/h4-16,18,25H,1-3H3,(H,33,36)(H2,34,35,37,38,39). The first kappa shape index (κ1) is 26.5. The maximum absolute atomic E-state index is 13.3. The van der Waals surface area contributed by atoms with Crippen LogP contribution >= 0.6 is 0 Å². The molecule has 1 aliphatic heterocycles. The second-order valence-corrected chi connectivity index (χ2v) is 9.78. The highest BCUT2D eigenvalue weighted by atomic mass is 16.5. The lowest BCUT2D eigenvalue weighted by Gasteiger charge is -2.37. The molecule has 0 aliphatic carbocycles. The van der Waals surface area contributed by atoms with Gasteiger partial charge >= 0.3 is 6.03 Å². The second-order valence-electron chi connectivity index (χ2n) is 9.78. The van der Waals surface area contributed by atoms with Crippen molar-refractivity contribution in [3.05, 3.63) is 102 Å². The van der Waals surface area contributed by atoms with Crippen molar-refractivity contribution >= 4 is 34.7 Å². The first-order valence-corrected chi connectivity index (χ1v) is 12.7. The summed E-state index contributed by atoms with van der Waals surface area (Å²) in [7, 11) is 0. The van der Waals surface area contributed by atoms with Crippen LogP contribution in [0.25, 0.3) is 10.9 Å². The average Bonchev–Trinajstić information content (AvgIpc) is 2.94. The van der Waals surface area contributed by atoms with Gasteiger partial charge in [-0.25, -0.2) is 4.79 Å². The number of fused-ring (bicyclic) bond motifs is 1. The molecule has 2 aromatic carbocycles. The number of nitrogens with one attached hydrogen (secondary N) is 3. The molecular formula is C30H27N5O5. The van der Waals surface area contributed by atoms with Crippen molar-refractivity contribution in [1.82, 2.24) is 25.9 Å². The monoisotopic (exact) mass is 537 g/mol. The quantitative estimate of drug-likeness (QED) is 0.304. The molecule has 2 unspecified atom stereocenters. The number of pyridine rings is 2. The summed E-state index contributed by atoms with van der Waals surface area (Å²) in [5, 5.41) is 8.04. The van der Waals surface area contributed by atoms with Gasteiger partial charge in [-0.1, -0.05) is 18.2 Å². The van der Waals surface area contributed by atoms with Crippen LogP contribution in [0.2, 0.25) is 0 Å². The molecule has 1 saturated heterocycles. The minimum atomic E-state index is -1.80. The van der Waals surface area contributed by atoms with E-state index >= 15 is 0 Å². The number of benzene rings is 2. The van der Waals surface area contributed by atoms with Gasteiger partial charge in [-0.2, -0.15) is 0 Å². The topological polar surface area (TPSA) is 139 Å². The van der Waals surface area contributed by atoms with Gasteiger partial charge in [0.15, 0.2) is 0 Å². The predicted octanol–water partition coefficient (Wildman–Crippen LogP) is 3.92. The van der Waals surface area contributed by atoms with Crippen molar-refractivity contribution in [1.29, 1.82) is 0 Å². The van der Waals surface area contributed by atoms with E-state index in [0.29, 0.717) is 16.9 Å². The van der Waals surface area contributed by atoms with Crippen LogP contribution in [0.1, 0.15) is 53.2 Å². The summed E-state index contributed by atoms with van der Waals surface area (Å²) in [6, 6.07) is 17.6. The van der Waals surface area contributed by atoms with Crippen LogP contribution < -0.4 is 20.7 Å². The Morgan fingerprint density at radius 3 is 2.27 bits per heavy atom. The van der Waals surface area contributed by atoms with Crippen LogP contribution in [0.5, 0.6) is 5.75 Å². The lowest BCUT2D eigenvalue weighted by molar-refractivity contribution is -0.145. The fraction of sp³-hybridized carbons (Fsp3) is 0.200. The zero-order valence-electron chi connectivity index (χ0n) is 22.1. The zero-order valence-corrected chi connectivity index (χ0v) is 22.1. The first-order valence-electron chi connectivity index (χ1n) is 12.7. The third-order valence-corrected chi connectivity index (χ3v) is 7.03. The largest absolute Gasteiger partial charge is 0.486 e. The molecule has 3 N–H and O–H groups in total. The molecule has 1 aliphatic rings. The number of amides is 5. The van der Waals surface area contributed by atoms with E-state index in [1.165, 1.54) is 19.3 Å². The van der Waals surface area contributed by atoms with Gasteiger partial charge in [-0.15, -0.1) is 0 Å². The third-order valence-electron chi connectivity index (χ3n) is 7.03. The highest BCUT2D eigenvalue weighted by Crippen LogP contribution is 2.36. The molecule has 202 valence electrons. The molecule has 2 atom stereocenters. The van der Waals surface area contributed by atoms with E-state index < -0.39 is 35.2 Å². The Hall–Kier alpha value is -5.12. The molecule has 4 aromatic rings. The molecule has 0 spiro atoms. The van der Waals surface area contributed by atoms with Gasteiger partial charge in [0.1, 0.15) is 17.3 Å². The molecule has 0 bridgehead atoms. The molecule has 5 amide bonds. The summed E-state index contributed by atoms with van der Waals surface area (Å²) in [4.78, 5) is 59.3. The first-order chi connectivity index (χ1) is 19.2. The van der Waals surface area contributed by atoms with Crippen LogP contribution in [-0.2, 0) is 9.59 Å². The van der Waals surface area contributed by atoms with Gasteiger partial charge in [0.05, 0.1) is 11.6 Å². The number of rotatable bonds is 7. The number of carbonyl (C=O) groups excluding carboxylic acids is 4. The van der Waals surface area contributed by atoms with Crippen molar-refractivity contribution < 1.29 is 23.9 Å². The summed E-state index contributed by atoms with van der Waals surface area (Å²) in [5.41, 5.74) is 1.75. The molecule has 3 heterocycles. The Kier molecular flexibility index (Phi) is 7.00. The van der Waals surface area contributed by atoms with E-state index in [0.717, 1.165) is 22.2 Å². The number of urea groups is 1. The smallest absolute Gasteiger partial charge is 0.328 e. The SMILES string of the molecule is Cc1cc(C(C)Oc2ccc(C(=O)NC(c3ccncc3)C3(C)C(=O)NC(=O)NC3=O)cc2)c2ccccc2n1. The van der Waals surface area contributed by atoms with E-state index in [9.17, 15) is 19.2 Å². The molecule has 10 nitrogen and oxygen atoms in total. The Labute approximate surface area is 230 Å². The number of para-hydroxylation sites is 1. The molecule has 0 radical (unpaired) electrons. The molecule has 1 fully saturated rings. The molecule has 10 heteroatoms. The van der Waals surface area contributed by atoms with Crippen molar-refractivity contribution in [2.75, 3.05) is 0 Å². The van der Waals surface area contributed by atoms with E-state index in [-0.39, 0.29) is 6.10 Å². The molecular weight excluding hydrogens is 510 g/mol. The number of hydrogen-bond acceptors (Lipinski definition) is 7. The Morgan fingerprint density at radius 2 is 1.60 bits per heavy atom. The maximum Gasteiger partial charge on any atom is 0.328 e. The maximum atomic E-state index is 13.3. The van der Waals surface area contributed by atoms with E-state index in [4.69, 9.17) is 4.74 Å². The van der Waals surface area contributed by atoms with Crippen LogP contribution in [0.3, 0.4) is 0 Å². The van der Waals surface area contributed by atoms with Gasteiger partial charge < -0.3 is 10.1 Å². The fourth-order valence-electron chi connectivity index (χ4n) is 4.82. The van der Waals surface area contributed by atoms with Crippen LogP contribution in [0.4, 0.5) is 4.79 Å². The van der Waals surface area contributed by atoms with E-state index in [1.807, 2.05) is 44.2 Å². The molecule has 40 heavy (non-hydrogen) atoms. The van der Waals surface area contributed by atoms with Gasteiger partial charge in [0.25, 0.3) is 5.91 Å². The highest BCUT2D eigenvalue weighted by molar-refractivity contribution is 6.19. The second kappa shape index (κ2) is 10.6. The van der Waals surface area contributed by atoms with Gasteiger partial charge in [0, 0.05) is 34.6 Å². The highest BCUT2D eigenvalue weighted by Gasteiger charge is 2.53. The minimum Gasteiger partial charge on any atom is -0.486 e. The number of carbonyl (C=O) groups is 4. The van der Waals surface area contributed by atoms with Gasteiger partial charge in [0.2, 0.25) is 11.8 Å². The van der Waals surface area contributed by atoms with Crippen LogP contribution in [0.15, 0.2) is 79.1 Å².